The van der Waals surface area contributed by atoms with Crippen LogP contribution in [0.15, 0.2) is 10.5 Å². The van der Waals surface area contributed by atoms with Crippen molar-refractivity contribution in [3.63, 3.8) is 0 Å². The summed E-state index contributed by atoms with van der Waals surface area (Å²) in [7, 11) is 0. The average Bonchev–Trinajstić information content (AvgIpc) is 2.75. The number of hydrogen-bond acceptors (Lipinski definition) is 3. The lowest BCUT2D eigenvalue weighted by Gasteiger charge is -2.23. The van der Waals surface area contributed by atoms with Gasteiger partial charge in [0.2, 0.25) is 0 Å². The van der Waals surface area contributed by atoms with E-state index < -0.39 is 11.7 Å². The van der Waals surface area contributed by atoms with Crippen LogP contribution in [-0.4, -0.2) is 22.5 Å². The fourth-order valence-corrected chi connectivity index (χ4v) is 3.02. The summed E-state index contributed by atoms with van der Waals surface area (Å²) < 4.78 is 5.85. The molecular formula is C16H21BrClNO3. The van der Waals surface area contributed by atoms with E-state index in [2.05, 4.69) is 15.9 Å². The Labute approximate surface area is 144 Å². The number of halogens is 2. The molecule has 0 saturated heterocycles. The van der Waals surface area contributed by atoms with Crippen LogP contribution in [-0.2, 0) is 11.3 Å². The third-order valence-corrected chi connectivity index (χ3v) is 4.01. The Bertz CT molecular complexity index is 608. The van der Waals surface area contributed by atoms with Crippen LogP contribution in [0.25, 0.3) is 0 Å². The number of imide groups is 1. The Kier molecular flexibility index (Phi) is 6.04. The number of carbonyl (C=O) groups excluding carboxylic acids is 2. The van der Waals surface area contributed by atoms with Gasteiger partial charge in [-0.15, -0.1) is 0 Å². The van der Waals surface area contributed by atoms with Crippen molar-refractivity contribution in [2.24, 2.45) is 0 Å². The van der Waals surface area contributed by atoms with Crippen LogP contribution >= 0.6 is 27.5 Å². The first-order valence-corrected chi connectivity index (χ1v) is 8.31. The first kappa shape index (κ1) is 19.0. The van der Waals surface area contributed by atoms with Gasteiger partial charge in [0.25, 0.3) is 5.91 Å². The van der Waals surface area contributed by atoms with Crippen LogP contribution in [0.4, 0.5) is 4.79 Å². The van der Waals surface area contributed by atoms with Gasteiger partial charge in [0.15, 0.2) is 0 Å². The second-order valence-corrected chi connectivity index (χ2v) is 6.95. The van der Waals surface area contributed by atoms with Crippen LogP contribution in [0.3, 0.4) is 0 Å². The minimum Gasteiger partial charge on any atom is -0.443 e. The molecule has 1 aromatic rings. The minimum absolute atomic E-state index is 0.189. The van der Waals surface area contributed by atoms with Crippen molar-refractivity contribution >= 4 is 39.5 Å². The smallest absolute Gasteiger partial charge is 0.417 e. The van der Waals surface area contributed by atoms with E-state index in [1.807, 2.05) is 20.8 Å². The summed E-state index contributed by atoms with van der Waals surface area (Å²) in [5, 5.41) is 0.564. The summed E-state index contributed by atoms with van der Waals surface area (Å²) >= 11 is 9.43. The summed E-state index contributed by atoms with van der Waals surface area (Å²) in [6.07, 6.45) is -0.638. The van der Waals surface area contributed by atoms with Gasteiger partial charge in [-0.25, -0.2) is 9.69 Å². The first-order chi connectivity index (χ1) is 10.1. The molecule has 0 atom stereocenters. The van der Waals surface area contributed by atoms with Crippen molar-refractivity contribution in [1.82, 2.24) is 4.90 Å². The highest BCUT2D eigenvalue weighted by Gasteiger charge is 2.37. The van der Waals surface area contributed by atoms with Gasteiger partial charge < -0.3 is 4.74 Å². The van der Waals surface area contributed by atoms with E-state index in [0.29, 0.717) is 15.1 Å². The zero-order valence-electron chi connectivity index (χ0n) is 13.7. The van der Waals surface area contributed by atoms with Crippen LogP contribution in [0, 0.1) is 6.92 Å². The van der Waals surface area contributed by atoms with E-state index in [1.54, 1.807) is 26.8 Å². The van der Waals surface area contributed by atoms with Gasteiger partial charge >= 0.3 is 6.09 Å². The van der Waals surface area contributed by atoms with E-state index in [1.165, 1.54) is 0 Å². The van der Waals surface area contributed by atoms with Crippen molar-refractivity contribution in [3.8, 4) is 0 Å². The highest BCUT2D eigenvalue weighted by Crippen LogP contribution is 2.36. The van der Waals surface area contributed by atoms with Gasteiger partial charge in [-0.3, -0.25) is 4.79 Å². The molecule has 1 aliphatic heterocycles. The number of benzene rings is 1. The maximum Gasteiger partial charge on any atom is 0.417 e. The van der Waals surface area contributed by atoms with Crippen molar-refractivity contribution in [1.29, 1.82) is 0 Å². The molecule has 22 heavy (non-hydrogen) atoms. The Morgan fingerprint density at radius 3 is 2.41 bits per heavy atom. The van der Waals surface area contributed by atoms with Crippen LogP contribution in [0.5, 0.6) is 0 Å². The molecule has 0 saturated carbocycles. The highest BCUT2D eigenvalue weighted by molar-refractivity contribution is 9.10. The lowest BCUT2D eigenvalue weighted by atomic mass is 10.0. The van der Waals surface area contributed by atoms with Gasteiger partial charge in [0, 0.05) is 9.50 Å². The van der Waals surface area contributed by atoms with Gasteiger partial charge in [0.1, 0.15) is 5.60 Å². The zero-order chi connectivity index (χ0) is 17.2. The third-order valence-electron chi connectivity index (χ3n) is 2.99. The van der Waals surface area contributed by atoms with Crippen molar-refractivity contribution in [2.45, 2.75) is 53.7 Å². The average molecular weight is 391 g/mol. The van der Waals surface area contributed by atoms with E-state index in [-0.39, 0.29) is 12.5 Å². The number of fused-ring (bicyclic) bond motifs is 1. The first-order valence-electron chi connectivity index (χ1n) is 7.14. The number of rotatable bonds is 0. The Morgan fingerprint density at radius 2 is 1.91 bits per heavy atom. The zero-order valence-corrected chi connectivity index (χ0v) is 16.1. The lowest BCUT2D eigenvalue weighted by molar-refractivity contribution is 0.0248. The van der Waals surface area contributed by atoms with E-state index in [4.69, 9.17) is 16.3 Å². The standard InChI is InChI=1S/C14H15BrClNO3.C2H6/c1-7-8-6-17(13(19)20-14(2,3)4)12(18)11(8)9(15)5-10(7)16;1-2/h5H,6H2,1-4H3;1-2H3. The molecule has 0 bridgehead atoms. The summed E-state index contributed by atoms with van der Waals surface area (Å²) in [5.41, 5.74) is 1.41. The maximum absolute atomic E-state index is 12.4. The minimum atomic E-state index is -0.643. The molecule has 0 fully saturated rings. The summed E-state index contributed by atoms with van der Waals surface area (Å²) in [5.74, 6) is -0.360. The normalized spacial score (nSPS) is 13.5. The molecule has 0 unspecified atom stereocenters. The number of carbonyl (C=O) groups is 2. The third kappa shape index (κ3) is 3.82. The Hall–Kier alpha value is -1.07. The topological polar surface area (TPSA) is 46.6 Å². The Balaban J connectivity index is 0.00000116. The summed E-state index contributed by atoms with van der Waals surface area (Å²) in [6.45, 7) is 11.3. The summed E-state index contributed by atoms with van der Waals surface area (Å²) in [4.78, 5) is 25.5. The molecule has 1 aliphatic rings. The van der Waals surface area contributed by atoms with Gasteiger partial charge in [-0.2, -0.15) is 0 Å². The molecular weight excluding hydrogens is 370 g/mol. The molecule has 6 heteroatoms. The molecule has 1 aromatic carbocycles. The van der Waals surface area contributed by atoms with Crippen molar-refractivity contribution < 1.29 is 14.3 Å². The second kappa shape index (κ2) is 7.01. The van der Waals surface area contributed by atoms with Gasteiger partial charge in [0.05, 0.1) is 12.1 Å². The summed E-state index contributed by atoms with van der Waals surface area (Å²) in [6, 6.07) is 1.67. The van der Waals surface area contributed by atoms with E-state index >= 15 is 0 Å². The highest BCUT2D eigenvalue weighted by atomic mass is 79.9. The quantitative estimate of drug-likeness (QED) is 0.601. The molecule has 0 aliphatic carbocycles. The molecule has 4 nitrogen and oxygen atoms in total. The molecule has 2 amide bonds. The monoisotopic (exact) mass is 389 g/mol. The second-order valence-electron chi connectivity index (χ2n) is 5.69. The van der Waals surface area contributed by atoms with E-state index in [0.717, 1.165) is 16.0 Å². The lowest BCUT2D eigenvalue weighted by Crippen LogP contribution is -2.36. The molecule has 0 radical (unpaired) electrons. The SMILES string of the molecule is CC.Cc1c(Cl)cc(Br)c2c1CN(C(=O)OC(C)(C)C)C2=O. The van der Waals surface area contributed by atoms with Crippen LogP contribution < -0.4 is 0 Å². The molecule has 0 spiro atoms. The predicted octanol–water partition coefficient (Wildman–Crippen LogP) is 5.33. The van der Waals surface area contributed by atoms with Crippen molar-refractivity contribution in [2.75, 3.05) is 0 Å². The molecule has 2 rings (SSSR count). The molecule has 122 valence electrons. The Morgan fingerprint density at radius 1 is 1.36 bits per heavy atom. The fraction of sp³-hybridized carbons (Fsp3) is 0.500. The largest absolute Gasteiger partial charge is 0.443 e. The molecule has 1 heterocycles. The number of ether oxygens (including phenoxy) is 1. The maximum atomic E-state index is 12.4. The number of nitrogens with zero attached hydrogens (tertiary/aromatic N) is 1. The fourth-order valence-electron chi connectivity index (χ4n) is 2.03. The molecule has 0 N–H and O–H groups in total. The number of hydrogen-bond donors (Lipinski definition) is 0. The predicted molar refractivity (Wildman–Crippen MR) is 91.3 cm³/mol. The van der Waals surface area contributed by atoms with Crippen molar-refractivity contribution in [3.05, 3.63) is 32.3 Å². The van der Waals surface area contributed by atoms with Gasteiger partial charge in [-0.05, 0) is 60.8 Å². The van der Waals surface area contributed by atoms with E-state index in [9.17, 15) is 9.59 Å². The van der Waals surface area contributed by atoms with Crippen LogP contribution in [0.2, 0.25) is 5.02 Å². The number of amides is 2. The van der Waals surface area contributed by atoms with Crippen LogP contribution in [0.1, 0.15) is 56.1 Å². The molecule has 0 aromatic heterocycles. The van der Waals surface area contributed by atoms with Gasteiger partial charge in [-0.1, -0.05) is 25.4 Å².